The molecule has 0 spiro atoms. The number of carbonyl (C=O) groups excluding carboxylic acids is 2. The topological polar surface area (TPSA) is 46.2 Å². The average molecular weight is 252 g/mol. The van der Waals surface area contributed by atoms with E-state index < -0.39 is 0 Å². The molecule has 0 aliphatic heterocycles. The largest absolute Gasteiger partial charge is 0.346 e. The standard InChI is InChI=1S/C13H14ClNO2/c14-10-4-1-3-9(7-10)8-13(17)15-11-5-2-6-12(11)16/h1,3-4,7,11H,2,5-6,8H2,(H,15,17). The van der Waals surface area contributed by atoms with Crippen molar-refractivity contribution in [3.05, 3.63) is 34.9 Å². The molecule has 3 nitrogen and oxygen atoms in total. The Morgan fingerprint density at radius 1 is 1.47 bits per heavy atom. The molecule has 1 fully saturated rings. The fourth-order valence-electron chi connectivity index (χ4n) is 2.05. The number of rotatable bonds is 3. The van der Waals surface area contributed by atoms with Crippen molar-refractivity contribution in [3.8, 4) is 0 Å². The predicted molar refractivity (Wildman–Crippen MR) is 65.9 cm³/mol. The van der Waals surface area contributed by atoms with Gasteiger partial charge in [0.15, 0.2) is 5.78 Å². The van der Waals surface area contributed by atoms with Crippen LogP contribution in [0.2, 0.25) is 5.02 Å². The number of hydrogen-bond acceptors (Lipinski definition) is 2. The second-order valence-electron chi connectivity index (χ2n) is 4.29. The molecular weight excluding hydrogens is 238 g/mol. The number of carbonyl (C=O) groups is 2. The maximum absolute atomic E-state index is 11.7. The lowest BCUT2D eigenvalue weighted by atomic mass is 10.1. The molecule has 1 aliphatic carbocycles. The van der Waals surface area contributed by atoms with E-state index in [1.54, 1.807) is 12.1 Å². The minimum absolute atomic E-state index is 0.118. The third-order valence-electron chi connectivity index (χ3n) is 2.89. The van der Waals surface area contributed by atoms with Gasteiger partial charge in [-0.25, -0.2) is 0 Å². The second kappa shape index (κ2) is 5.32. The summed E-state index contributed by atoms with van der Waals surface area (Å²) in [5.41, 5.74) is 0.862. The molecule has 1 aromatic rings. The summed E-state index contributed by atoms with van der Waals surface area (Å²) in [6.45, 7) is 0. The van der Waals surface area contributed by atoms with E-state index in [0.29, 0.717) is 11.4 Å². The van der Waals surface area contributed by atoms with E-state index in [1.165, 1.54) is 0 Å². The van der Waals surface area contributed by atoms with Gasteiger partial charge in [0, 0.05) is 11.4 Å². The third kappa shape index (κ3) is 3.30. The molecule has 4 heteroatoms. The molecule has 1 saturated carbocycles. The van der Waals surface area contributed by atoms with E-state index in [0.717, 1.165) is 18.4 Å². The van der Waals surface area contributed by atoms with Gasteiger partial charge in [0.05, 0.1) is 12.5 Å². The number of hydrogen-bond donors (Lipinski definition) is 1. The number of amides is 1. The molecule has 0 heterocycles. The molecule has 0 aromatic heterocycles. The highest BCUT2D eigenvalue weighted by atomic mass is 35.5. The van der Waals surface area contributed by atoms with Crippen LogP contribution in [0.15, 0.2) is 24.3 Å². The minimum atomic E-state index is -0.276. The van der Waals surface area contributed by atoms with Crippen molar-refractivity contribution in [2.75, 3.05) is 0 Å². The van der Waals surface area contributed by atoms with Crippen molar-refractivity contribution in [3.63, 3.8) is 0 Å². The maximum atomic E-state index is 11.7. The Morgan fingerprint density at radius 3 is 2.94 bits per heavy atom. The molecule has 1 atom stereocenters. The third-order valence-corrected chi connectivity index (χ3v) is 3.13. The first-order valence-corrected chi connectivity index (χ1v) is 6.09. The van der Waals surface area contributed by atoms with Gasteiger partial charge in [-0.2, -0.15) is 0 Å². The van der Waals surface area contributed by atoms with Crippen LogP contribution in [0.3, 0.4) is 0 Å². The summed E-state index contributed by atoms with van der Waals surface area (Å²) >= 11 is 5.84. The van der Waals surface area contributed by atoms with Crippen LogP contribution in [0, 0.1) is 0 Å². The van der Waals surface area contributed by atoms with Gasteiger partial charge >= 0.3 is 0 Å². The average Bonchev–Trinajstić information content (AvgIpc) is 2.64. The summed E-state index contributed by atoms with van der Waals surface area (Å²) in [4.78, 5) is 23.1. The Balaban J connectivity index is 1.91. The molecule has 0 saturated heterocycles. The molecule has 17 heavy (non-hydrogen) atoms. The lowest BCUT2D eigenvalue weighted by molar-refractivity contribution is -0.126. The van der Waals surface area contributed by atoms with E-state index in [4.69, 9.17) is 11.6 Å². The Kier molecular flexibility index (Phi) is 3.79. The first-order valence-electron chi connectivity index (χ1n) is 5.71. The zero-order chi connectivity index (χ0) is 12.3. The molecule has 0 radical (unpaired) electrons. The number of halogens is 1. The molecule has 1 amide bonds. The highest BCUT2D eigenvalue weighted by Gasteiger charge is 2.25. The van der Waals surface area contributed by atoms with Crippen LogP contribution in [0.5, 0.6) is 0 Å². The number of ketones is 1. The van der Waals surface area contributed by atoms with E-state index in [2.05, 4.69) is 5.32 Å². The Hall–Kier alpha value is -1.35. The molecule has 1 unspecified atom stereocenters. The van der Waals surface area contributed by atoms with Gasteiger partial charge in [0.25, 0.3) is 0 Å². The normalized spacial score (nSPS) is 19.4. The summed E-state index contributed by atoms with van der Waals surface area (Å²) < 4.78 is 0. The molecule has 0 bridgehead atoms. The van der Waals surface area contributed by atoms with Crippen LogP contribution >= 0.6 is 11.6 Å². The van der Waals surface area contributed by atoms with Gasteiger partial charge < -0.3 is 5.32 Å². The van der Waals surface area contributed by atoms with E-state index in [1.807, 2.05) is 12.1 Å². The summed E-state index contributed by atoms with van der Waals surface area (Å²) in [6.07, 6.45) is 2.49. The number of nitrogens with one attached hydrogen (secondary N) is 1. The van der Waals surface area contributed by atoms with Crippen LogP contribution in [0.25, 0.3) is 0 Å². The van der Waals surface area contributed by atoms with Crippen LogP contribution < -0.4 is 5.32 Å². The van der Waals surface area contributed by atoms with E-state index in [-0.39, 0.29) is 24.2 Å². The summed E-state index contributed by atoms with van der Waals surface area (Å²) in [7, 11) is 0. The lowest BCUT2D eigenvalue weighted by Gasteiger charge is -2.10. The van der Waals surface area contributed by atoms with Crippen molar-refractivity contribution in [1.29, 1.82) is 0 Å². The highest BCUT2D eigenvalue weighted by Crippen LogP contribution is 2.15. The molecular formula is C13H14ClNO2. The Labute approximate surface area is 105 Å². The van der Waals surface area contributed by atoms with Crippen molar-refractivity contribution in [1.82, 2.24) is 5.32 Å². The quantitative estimate of drug-likeness (QED) is 0.895. The zero-order valence-electron chi connectivity index (χ0n) is 9.41. The van der Waals surface area contributed by atoms with Crippen LogP contribution in [0.1, 0.15) is 24.8 Å². The van der Waals surface area contributed by atoms with Gasteiger partial charge in [0.2, 0.25) is 5.91 Å². The Bertz CT molecular complexity index is 445. The minimum Gasteiger partial charge on any atom is -0.346 e. The first kappa shape index (κ1) is 12.1. The van der Waals surface area contributed by atoms with E-state index >= 15 is 0 Å². The van der Waals surface area contributed by atoms with Crippen molar-refractivity contribution in [2.24, 2.45) is 0 Å². The fourth-order valence-corrected chi connectivity index (χ4v) is 2.26. The fraction of sp³-hybridized carbons (Fsp3) is 0.385. The molecule has 1 N–H and O–H groups in total. The maximum Gasteiger partial charge on any atom is 0.225 e. The highest BCUT2D eigenvalue weighted by molar-refractivity contribution is 6.30. The Morgan fingerprint density at radius 2 is 2.29 bits per heavy atom. The van der Waals surface area contributed by atoms with Gasteiger partial charge in [-0.15, -0.1) is 0 Å². The lowest BCUT2D eigenvalue weighted by Crippen LogP contribution is -2.38. The van der Waals surface area contributed by atoms with Crippen molar-refractivity contribution >= 4 is 23.3 Å². The molecule has 90 valence electrons. The monoisotopic (exact) mass is 251 g/mol. The van der Waals surface area contributed by atoms with Gasteiger partial charge in [-0.05, 0) is 30.5 Å². The summed E-state index contributed by atoms with van der Waals surface area (Å²) in [5.74, 6) is 0.0250. The van der Waals surface area contributed by atoms with Gasteiger partial charge in [0.1, 0.15) is 0 Å². The SMILES string of the molecule is O=C(Cc1cccc(Cl)c1)NC1CCCC1=O. The summed E-state index contributed by atoms with van der Waals surface area (Å²) in [5, 5.41) is 3.38. The van der Waals surface area contributed by atoms with Crippen LogP contribution in [0.4, 0.5) is 0 Å². The van der Waals surface area contributed by atoms with Gasteiger partial charge in [-0.3, -0.25) is 9.59 Å². The molecule has 2 rings (SSSR count). The second-order valence-corrected chi connectivity index (χ2v) is 4.72. The van der Waals surface area contributed by atoms with Crippen LogP contribution in [-0.4, -0.2) is 17.7 Å². The zero-order valence-corrected chi connectivity index (χ0v) is 10.2. The predicted octanol–water partition coefficient (Wildman–Crippen LogP) is 2.12. The van der Waals surface area contributed by atoms with Crippen molar-refractivity contribution < 1.29 is 9.59 Å². The van der Waals surface area contributed by atoms with Crippen LogP contribution in [-0.2, 0) is 16.0 Å². The smallest absolute Gasteiger partial charge is 0.225 e. The van der Waals surface area contributed by atoms with E-state index in [9.17, 15) is 9.59 Å². The molecule has 1 aliphatic rings. The number of benzene rings is 1. The summed E-state index contributed by atoms with van der Waals surface area (Å²) in [6, 6.07) is 6.91. The van der Waals surface area contributed by atoms with Gasteiger partial charge in [-0.1, -0.05) is 23.7 Å². The molecule has 1 aromatic carbocycles. The first-order chi connectivity index (χ1) is 8.15. The number of Topliss-reactive ketones (excluding diaryl/α,β-unsaturated/α-hetero) is 1. The van der Waals surface area contributed by atoms with Crippen molar-refractivity contribution in [2.45, 2.75) is 31.7 Å².